The van der Waals surface area contributed by atoms with Crippen LogP contribution in [-0.4, -0.2) is 30.6 Å². The molecule has 0 saturated carbocycles. The summed E-state index contributed by atoms with van der Waals surface area (Å²) in [5.74, 6) is 0.664. The number of halogens is 3. The predicted octanol–water partition coefficient (Wildman–Crippen LogP) is 5.41. The number of aryl methyl sites for hydroxylation is 1. The molecule has 188 valence electrons. The number of rotatable bonds is 6. The fraction of sp³-hybridized carbons (Fsp3) is 0.154. The molecule has 0 fully saturated rings. The van der Waals surface area contributed by atoms with Crippen LogP contribution < -0.4 is 10.1 Å². The number of carbonyl (C=O) groups is 1. The Morgan fingerprint density at radius 2 is 1.95 bits per heavy atom. The molecule has 11 heteroatoms. The topological polar surface area (TPSA) is 97.7 Å². The third-order valence-electron chi connectivity index (χ3n) is 5.82. The van der Waals surface area contributed by atoms with Gasteiger partial charge in [-0.15, -0.1) is 0 Å². The monoisotopic (exact) mass is 506 g/mol. The van der Waals surface area contributed by atoms with Gasteiger partial charge in [0.25, 0.3) is 5.91 Å². The number of aromatic nitrogens is 5. The summed E-state index contributed by atoms with van der Waals surface area (Å²) in [6, 6.07) is 11.0. The lowest BCUT2D eigenvalue weighted by Crippen LogP contribution is -2.24. The van der Waals surface area contributed by atoms with Crippen molar-refractivity contribution in [2.75, 3.05) is 0 Å². The number of pyridine rings is 2. The second-order valence-electron chi connectivity index (χ2n) is 8.42. The average molecular weight is 506 g/mol. The number of nitrogens with one attached hydrogen (secondary N) is 2. The van der Waals surface area contributed by atoms with E-state index in [1.54, 1.807) is 48.3 Å². The molecule has 0 atom stereocenters. The number of benzene rings is 1. The molecule has 5 aromatic rings. The van der Waals surface area contributed by atoms with Crippen molar-refractivity contribution in [2.24, 2.45) is 7.05 Å². The molecule has 1 aromatic carbocycles. The predicted molar refractivity (Wildman–Crippen MR) is 130 cm³/mol. The summed E-state index contributed by atoms with van der Waals surface area (Å²) < 4.78 is 46.0. The van der Waals surface area contributed by atoms with Gasteiger partial charge in [-0.1, -0.05) is 12.1 Å². The van der Waals surface area contributed by atoms with Gasteiger partial charge < -0.3 is 15.0 Å². The van der Waals surface area contributed by atoms with Crippen molar-refractivity contribution in [1.82, 2.24) is 30.0 Å². The van der Waals surface area contributed by atoms with E-state index in [2.05, 4.69) is 25.4 Å². The van der Waals surface area contributed by atoms with E-state index in [1.807, 2.05) is 19.3 Å². The molecule has 0 saturated heterocycles. The van der Waals surface area contributed by atoms with Gasteiger partial charge in [-0.05, 0) is 42.8 Å². The molecule has 0 bridgehead atoms. The molecule has 0 unspecified atom stereocenters. The summed E-state index contributed by atoms with van der Waals surface area (Å²) in [5, 5.41) is 7.69. The van der Waals surface area contributed by atoms with E-state index in [4.69, 9.17) is 4.74 Å². The second-order valence-corrected chi connectivity index (χ2v) is 8.42. The zero-order valence-electron chi connectivity index (χ0n) is 19.8. The standard InChI is InChI=1S/C26H21F3N6O2/c1-15-18(25(36)32-12-16-6-7-23(31-11-16)26(27,28)29)4-3-5-21(15)37-22-8-9-30-24-19(22)10-20(34-24)17-13-33-35(2)14-17/h3-11,13-14H,12H2,1-2H3,(H,30,34)(H,32,36). The first-order valence-electron chi connectivity index (χ1n) is 11.2. The number of nitrogens with zero attached hydrogens (tertiary/aromatic N) is 4. The number of ether oxygens (including phenoxy) is 1. The van der Waals surface area contributed by atoms with Gasteiger partial charge in [0.2, 0.25) is 0 Å². The third kappa shape index (κ3) is 5.01. The van der Waals surface area contributed by atoms with Crippen LogP contribution in [0.1, 0.15) is 27.2 Å². The minimum atomic E-state index is -4.51. The minimum absolute atomic E-state index is 0.0277. The fourth-order valence-electron chi connectivity index (χ4n) is 3.87. The van der Waals surface area contributed by atoms with Gasteiger partial charge >= 0.3 is 6.18 Å². The normalized spacial score (nSPS) is 11.6. The second kappa shape index (κ2) is 9.41. The molecule has 5 rings (SSSR count). The summed E-state index contributed by atoms with van der Waals surface area (Å²) in [6.45, 7) is 1.79. The number of aromatic amines is 1. The first-order chi connectivity index (χ1) is 17.7. The summed E-state index contributed by atoms with van der Waals surface area (Å²) in [6.07, 6.45) is 1.85. The molecule has 8 nitrogen and oxygen atoms in total. The highest BCUT2D eigenvalue weighted by atomic mass is 19.4. The van der Waals surface area contributed by atoms with Crippen molar-refractivity contribution in [1.29, 1.82) is 0 Å². The number of alkyl halides is 3. The first-order valence-corrected chi connectivity index (χ1v) is 11.2. The molecular formula is C26H21F3N6O2. The Bertz CT molecular complexity index is 1590. The molecule has 1 amide bonds. The third-order valence-corrected chi connectivity index (χ3v) is 5.82. The Morgan fingerprint density at radius 1 is 1.11 bits per heavy atom. The van der Waals surface area contributed by atoms with Gasteiger partial charge in [0.15, 0.2) is 0 Å². The van der Waals surface area contributed by atoms with Gasteiger partial charge in [0.05, 0.1) is 17.3 Å². The van der Waals surface area contributed by atoms with Crippen LogP contribution in [-0.2, 0) is 19.8 Å². The van der Waals surface area contributed by atoms with Crippen molar-refractivity contribution in [3.8, 4) is 22.8 Å². The Kier molecular flexibility index (Phi) is 6.12. The van der Waals surface area contributed by atoms with E-state index in [0.717, 1.165) is 28.9 Å². The summed E-state index contributed by atoms with van der Waals surface area (Å²) in [7, 11) is 1.84. The van der Waals surface area contributed by atoms with Gasteiger partial charge in [-0.3, -0.25) is 14.5 Å². The van der Waals surface area contributed by atoms with Crippen LogP contribution in [0.15, 0.2) is 67.3 Å². The van der Waals surface area contributed by atoms with Crippen molar-refractivity contribution in [3.63, 3.8) is 0 Å². The maximum atomic E-state index is 12.9. The van der Waals surface area contributed by atoms with Gasteiger partial charge in [-0.25, -0.2) is 4.98 Å². The number of fused-ring (bicyclic) bond motifs is 1. The fourth-order valence-corrected chi connectivity index (χ4v) is 3.87. The van der Waals surface area contributed by atoms with Crippen LogP contribution in [0, 0.1) is 6.92 Å². The first kappa shape index (κ1) is 24.0. The molecule has 0 aliphatic carbocycles. The van der Waals surface area contributed by atoms with E-state index in [9.17, 15) is 18.0 Å². The Morgan fingerprint density at radius 3 is 2.65 bits per heavy atom. The van der Waals surface area contributed by atoms with E-state index in [0.29, 0.717) is 33.8 Å². The molecule has 4 heterocycles. The number of H-pyrrole nitrogens is 1. The zero-order valence-corrected chi connectivity index (χ0v) is 19.8. The van der Waals surface area contributed by atoms with E-state index in [1.165, 1.54) is 6.07 Å². The molecule has 4 aromatic heterocycles. The van der Waals surface area contributed by atoms with Gasteiger partial charge in [0, 0.05) is 48.9 Å². The number of hydrogen-bond donors (Lipinski definition) is 2. The molecule has 0 radical (unpaired) electrons. The number of amides is 1. The number of hydrogen-bond acceptors (Lipinski definition) is 5. The number of carbonyl (C=O) groups excluding carboxylic acids is 1. The highest BCUT2D eigenvalue weighted by Gasteiger charge is 2.32. The maximum absolute atomic E-state index is 12.9. The minimum Gasteiger partial charge on any atom is -0.456 e. The highest BCUT2D eigenvalue weighted by molar-refractivity contribution is 5.96. The lowest BCUT2D eigenvalue weighted by Gasteiger charge is -2.13. The van der Waals surface area contributed by atoms with Crippen molar-refractivity contribution >= 4 is 16.9 Å². The molecule has 2 N–H and O–H groups in total. The average Bonchev–Trinajstić information content (AvgIpc) is 3.50. The van der Waals surface area contributed by atoms with E-state index < -0.39 is 11.9 Å². The summed E-state index contributed by atoms with van der Waals surface area (Å²) in [5.41, 5.74) is 2.85. The Hall–Kier alpha value is -4.67. The molecule has 0 spiro atoms. The van der Waals surface area contributed by atoms with Gasteiger partial charge in [-0.2, -0.15) is 18.3 Å². The largest absolute Gasteiger partial charge is 0.456 e. The Balaban J connectivity index is 1.34. The van der Waals surface area contributed by atoms with Crippen molar-refractivity contribution in [2.45, 2.75) is 19.6 Å². The smallest absolute Gasteiger partial charge is 0.433 e. The molecule has 0 aliphatic heterocycles. The molecule has 0 aliphatic rings. The Labute approximate surface area is 209 Å². The lowest BCUT2D eigenvalue weighted by atomic mass is 10.1. The molecule has 37 heavy (non-hydrogen) atoms. The van der Waals surface area contributed by atoms with Crippen molar-refractivity contribution in [3.05, 3.63) is 89.6 Å². The van der Waals surface area contributed by atoms with Crippen LogP contribution in [0.5, 0.6) is 11.5 Å². The van der Waals surface area contributed by atoms with Crippen LogP contribution in [0.4, 0.5) is 13.2 Å². The quantitative estimate of drug-likeness (QED) is 0.321. The van der Waals surface area contributed by atoms with E-state index >= 15 is 0 Å². The van der Waals surface area contributed by atoms with Crippen LogP contribution >= 0.6 is 0 Å². The van der Waals surface area contributed by atoms with Crippen molar-refractivity contribution < 1.29 is 22.7 Å². The van der Waals surface area contributed by atoms with Crippen LogP contribution in [0.25, 0.3) is 22.3 Å². The maximum Gasteiger partial charge on any atom is 0.433 e. The van der Waals surface area contributed by atoms with Crippen LogP contribution in [0.3, 0.4) is 0 Å². The van der Waals surface area contributed by atoms with Crippen LogP contribution in [0.2, 0.25) is 0 Å². The van der Waals surface area contributed by atoms with E-state index in [-0.39, 0.29) is 12.5 Å². The highest BCUT2D eigenvalue weighted by Crippen LogP contribution is 2.34. The SMILES string of the molecule is Cc1c(Oc2ccnc3[nH]c(-c4cnn(C)c4)cc23)cccc1C(=O)NCc1ccc(C(F)(F)F)nc1. The summed E-state index contributed by atoms with van der Waals surface area (Å²) in [4.78, 5) is 23.9. The lowest BCUT2D eigenvalue weighted by molar-refractivity contribution is -0.141. The van der Waals surface area contributed by atoms with Gasteiger partial charge in [0.1, 0.15) is 22.8 Å². The zero-order chi connectivity index (χ0) is 26.2. The molecular weight excluding hydrogens is 485 g/mol. The summed E-state index contributed by atoms with van der Waals surface area (Å²) >= 11 is 0.